The van der Waals surface area contributed by atoms with Crippen molar-refractivity contribution in [3.05, 3.63) is 11.6 Å². The van der Waals surface area contributed by atoms with Crippen LogP contribution in [-0.4, -0.2) is 13.7 Å². The van der Waals surface area contributed by atoms with Gasteiger partial charge < -0.3 is 4.74 Å². The van der Waals surface area contributed by atoms with Crippen molar-refractivity contribution < 1.29 is 4.74 Å². The van der Waals surface area contributed by atoms with Gasteiger partial charge in [0.1, 0.15) is 0 Å². The quantitative estimate of drug-likeness (QED) is 0.568. The van der Waals surface area contributed by atoms with Crippen LogP contribution in [0, 0.1) is 5.92 Å². The summed E-state index contributed by atoms with van der Waals surface area (Å²) in [6, 6.07) is 0. The second kappa shape index (κ2) is 4.55. The third-order valence-corrected chi connectivity index (χ3v) is 2.47. The minimum absolute atomic E-state index is 0.787. The second-order valence-corrected chi connectivity index (χ2v) is 3.31. The van der Waals surface area contributed by atoms with Crippen LogP contribution in [0.4, 0.5) is 0 Å². The lowest BCUT2D eigenvalue weighted by Gasteiger charge is -2.20. The maximum absolute atomic E-state index is 5.12. The van der Waals surface area contributed by atoms with E-state index in [1.807, 2.05) is 0 Å². The highest BCUT2D eigenvalue weighted by Crippen LogP contribution is 2.24. The van der Waals surface area contributed by atoms with Crippen molar-refractivity contribution in [1.29, 1.82) is 0 Å². The fourth-order valence-corrected chi connectivity index (χ4v) is 1.65. The number of hydrogen-bond donors (Lipinski definition) is 0. The van der Waals surface area contributed by atoms with E-state index in [9.17, 15) is 0 Å². The van der Waals surface area contributed by atoms with Crippen molar-refractivity contribution in [3.63, 3.8) is 0 Å². The molecule has 0 N–H and O–H groups in total. The smallest absolute Gasteiger partial charge is 0.0493 e. The predicted octanol–water partition coefficient (Wildman–Crippen LogP) is 2.77. The van der Waals surface area contributed by atoms with Crippen LogP contribution in [0.2, 0.25) is 0 Å². The molecule has 1 aliphatic carbocycles. The fourth-order valence-electron chi connectivity index (χ4n) is 1.65. The largest absolute Gasteiger partial charge is 0.384 e. The monoisotopic (exact) mass is 154 g/mol. The Hall–Kier alpha value is -0.300. The average Bonchev–Trinajstić information content (AvgIpc) is 2.07. The van der Waals surface area contributed by atoms with E-state index in [1.54, 1.807) is 12.7 Å². The molecule has 1 nitrogen and oxygen atoms in total. The molecule has 0 aromatic carbocycles. The molecule has 0 aliphatic heterocycles. The molecule has 0 bridgehead atoms. The van der Waals surface area contributed by atoms with Crippen molar-refractivity contribution in [2.45, 2.75) is 32.6 Å². The van der Waals surface area contributed by atoms with Crippen LogP contribution in [0.1, 0.15) is 32.6 Å². The topological polar surface area (TPSA) is 9.23 Å². The number of allylic oxidation sites excluding steroid dienone is 2. The Kier molecular flexibility index (Phi) is 3.64. The Balaban J connectivity index is 2.29. The Morgan fingerprint density at radius 3 is 2.91 bits per heavy atom. The lowest BCUT2D eigenvalue weighted by molar-refractivity contribution is 0.146. The number of hydrogen-bond acceptors (Lipinski definition) is 1. The van der Waals surface area contributed by atoms with Gasteiger partial charge in [0.05, 0.1) is 0 Å². The first-order valence-electron chi connectivity index (χ1n) is 4.53. The summed E-state index contributed by atoms with van der Waals surface area (Å²) in [6.45, 7) is 3.18. The fraction of sp³-hybridized carbons (Fsp3) is 0.800. The van der Waals surface area contributed by atoms with Gasteiger partial charge in [-0.1, -0.05) is 18.6 Å². The number of methoxy groups -OCH3 is 1. The summed E-state index contributed by atoms with van der Waals surface area (Å²) in [5.74, 6) is 0.787. The van der Waals surface area contributed by atoms with E-state index in [1.165, 1.54) is 25.7 Å². The maximum atomic E-state index is 5.12. The van der Waals surface area contributed by atoms with Crippen molar-refractivity contribution in [1.82, 2.24) is 0 Å². The minimum atomic E-state index is 0.787. The van der Waals surface area contributed by atoms with E-state index in [0.29, 0.717) is 0 Å². The summed E-state index contributed by atoms with van der Waals surface area (Å²) < 4.78 is 5.12. The summed E-state index contributed by atoms with van der Waals surface area (Å²) in [5.41, 5.74) is 1.64. The third kappa shape index (κ3) is 2.66. The molecule has 1 rings (SSSR count). The first kappa shape index (κ1) is 8.79. The average molecular weight is 154 g/mol. The SMILES string of the molecule is CCC1=CCC(COC)CC1. The third-order valence-electron chi connectivity index (χ3n) is 2.47. The normalized spacial score (nSPS) is 24.9. The molecule has 64 valence electrons. The summed E-state index contributed by atoms with van der Waals surface area (Å²) in [4.78, 5) is 0. The van der Waals surface area contributed by atoms with Crippen LogP contribution in [0.25, 0.3) is 0 Å². The molecule has 0 amide bonds. The van der Waals surface area contributed by atoms with Crippen LogP contribution in [0.3, 0.4) is 0 Å². The van der Waals surface area contributed by atoms with Gasteiger partial charge in [0.25, 0.3) is 0 Å². The number of rotatable bonds is 3. The molecule has 1 atom stereocenters. The van der Waals surface area contributed by atoms with E-state index in [-0.39, 0.29) is 0 Å². The molecular weight excluding hydrogens is 136 g/mol. The highest BCUT2D eigenvalue weighted by molar-refractivity contribution is 5.05. The molecule has 11 heavy (non-hydrogen) atoms. The van der Waals surface area contributed by atoms with Crippen molar-refractivity contribution in [2.24, 2.45) is 5.92 Å². The van der Waals surface area contributed by atoms with E-state index in [2.05, 4.69) is 13.0 Å². The van der Waals surface area contributed by atoms with Crippen LogP contribution >= 0.6 is 0 Å². The van der Waals surface area contributed by atoms with Crippen molar-refractivity contribution in [3.8, 4) is 0 Å². The van der Waals surface area contributed by atoms with Gasteiger partial charge in [-0.2, -0.15) is 0 Å². The molecule has 1 aliphatic rings. The van der Waals surface area contributed by atoms with Crippen LogP contribution < -0.4 is 0 Å². The predicted molar refractivity (Wildman–Crippen MR) is 47.6 cm³/mol. The first-order chi connectivity index (χ1) is 5.36. The maximum Gasteiger partial charge on any atom is 0.0493 e. The van der Waals surface area contributed by atoms with Gasteiger partial charge in [-0.25, -0.2) is 0 Å². The van der Waals surface area contributed by atoms with E-state index in [4.69, 9.17) is 4.74 Å². The molecule has 0 aromatic heterocycles. The van der Waals surface area contributed by atoms with Gasteiger partial charge >= 0.3 is 0 Å². The molecule has 0 radical (unpaired) electrons. The van der Waals surface area contributed by atoms with E-state index >= 15 is 0 Å². The van der Waals surface area contributed by atoms with Crippen LogP contribution in [0.5, 0.6) is 0 Å². The molecule has 0 spiro atoms. The van der Waals surface area contributed by atoms with Crippen LogP contribution in [-0.2, 0) is 4.74 Å². The highest BCUT2D eigenvalue weighted by Gasteiger charge is 2.12. The summed E-state index contributed by atoms with van der Waals surface area (Å²) in [5, 5.41) is 0. The summed E-state index contributed by atoms with van der Waals surface area (Å²) in [7, 11) is 1.79. The Morgan fingerprint density at radius 1 is 1.64 bits per heavy atom. The van der Waals surface area contributed by atoms with E-state index < -0.39 is 0 Å². The molecule has 1 unspecified atom stereocenters. The van der Waals surface area contributed by atoms with Gasteiger partial charge in [0.15, 0.2) is 0 Å². The van der Waals surface area contributed by atoms with Crippen molar-refractivity contribution >= 4 is 0 Å². The van der Waals surface area contributed by atoms with Gasteiger partial charge in [0, 0.05) is 13.7 Å². The number of ether oxygens (including phenoxy) is 1. The van der Waals surface area contributed by atoms with Gasteiger partial charge in [-0.05, 0) is 31.6 Å². The molecule has 0 aromatic rings. The Morgan fingerprint density at radius 2 is 2.45 bits per heavy atom. The molecule has 0 saturated carbocycles. The second-order valence-electron chi connectivity index (χ2n) is 3.31. The minimum Gasteiger partial charge on any atom is -0.384 e. The van der Waals surface area contributed by atoms with Gasteiger partial charge in [-0.15, -0.1) is 0 Å². The lowest BCUT2D eigenvalue weighted by atomic mass is 9.89. The summed E-state index contributed by atoms with van der Waals surface area (Å²) in [6.07, 6.45) is 7.49. The van der Waals surface area contributed by atoms with Crippen LogP contribution in [0.15, 0.2) is 11.6 Å². The van der Waals surface area contributed by atoms with Gasteiger partial charge in [0.2, 0.25) is 0 Å². The van der Waals surface area contributed by atoms with Gasteiger partial charge in [-0.3, -0.25) is 0 Å². The van der Waals surface area contributed by atoms with Crippen molar-refractivity contribution in [2.75, 3.05) is 13.7 Å². The molecule has 0 saturated heterocycles. The van der Waals surface area contributed by atoms with E-state index in [0.717, 1.165) is 12.5 Å². The standard InChI is InChI=1S/C10H18O/c1-3-9-4-6-10(7-5-9)8-11-2/h4,10H,3,5-8H2,1-2H3. The lowest BCUT2D eigenvalue weighted by Crippen LogP contribution is -2.11. The zero-order chi connectivity index (χ0) is 8.10. The zero-order valence-corrected chi connectivity index (χ0v) is 7.60. The highest BCUT2D eigenvalue weighted by atomic mass is 16.5. The summed E-state index contributed by atoms with van der Waals surface area (Å²) >= 11 is 0. The Bertz CT molecular complexity index is 138. The zero-order valence-electron chi connectivity index (χ0n) is 7.60. The molecule has 0 heterocycles. The molecule has 0 fully saturated rings. The molecular formula is C10H18O. The first-order valence-corrected chi connectivity index (χ1v) is 4.53. The Labute approximate surface area is 69.4 Å². The molecule has 1 heteroatoms.